The molecule has 0 bridgehead atoms. The second-order valence-electron chi connectivity index (χ2n) is 2.91. The van der Waals surface area contributed by atoms with Crippen LogP contribution < -0.4 is 5.73 Å². The highest BCUT2D eigenvalue weighted by Gasteiger charge is 2.06. The van der Waals surface area contributed by atoms with Crippen molar-refractivity contribution >= 4 is 28.7 Å². The first-order chi connectivity index (χ1) is 7.33. The first-order valence-electron chi connectivity index (χ1n) is 4.43. The number of anilines is 1. The zero-order chi connectivity index (χ0) is 10.7. The van der Waals surface area contributed by atoms with E-state index in [1.165, 1.54) is 6.33 Å². The number of hydrogen-bond acceptors (Lipinski definition) is 6. The number of nitrogen functional groups attached to an aromatic ring is 1. The van der Waals surface area contributed by atoms with Crippen molar-refractivity contribution in [3.63, 3.8) is 0 Å². The molecule has 0 amide bonds. The summed E-state index contributed by atoms with van der Waals surface area (Å²) >= 11 is 1.60. The van der Waals surface area contributed by atoms with Crippen molar-refractivity contribution in [2.45, 2.75) is 5.88 Å². The summed E-state index contributed by atoms with van der Waals surface area (Å²) in [6.07, 6.45) is 3.10. The van der Waals surface area contributed by atoms with Crippen molar-refractivity contribution < 1.29 is 5.11 Å². The zero-order valence-corrected chi connectivity index (χ0v) is 8.81. The topological polar surface area (TPSA) is 89.9 Å². The molecule has 0 spiro atoms. The fourth-order valence-electron chi connectivity index (χ4n) is 1.22. The predicted molar refractivity (Wildman–Crippen MR) is 59.3 cm³/mol. The Morgan fingerprint density at radius 3 is 3.07 bits per heavy atom. The van der Waals surface area contributed by atoms with E-state index in [9.17, 15) is 0 Å². The first kappa shape index (κ1) is 10.2. The lowest BCUT2D eigenvalue weighted by molar-refractivity contribution is 0.322. The molecule has 0 radical (unpaired) electrons. The summed E-state index contributed by atoms with van der Waals surface area (Å²) in [4.78, 5) is 12.1. The van der Waals surface area contributed by atoms with Crippen LogP contribution in [0.2, 0.25) is 0 Å². The fraction of sp³-hybridized carbons (Fsp3) is 0.375. The molecule has 0 aliphatic rings. The smallest absolute Gasteiger partial charge is 0.166 e. The minimum Gasteiger partial charge on any atom is -0.396 e. The zero-order valence-electron chi connectivity index (χ0n) is 8.00. The number of thioether (sulfide) groups is 1. The Labute approximate surface area is 90.5 Å². The first-order valence-corrected chi connectivity index (χ1v) is 5.58. The Morgan fingerprint density at radius 1 is 1.40 bits per heavy atom. The third-order valence-electron chi connectivity index (χ3n) is 1.90. The van der Waals surface area contributed by atoms with Gasteiger partial charge in [-0.3, -0.25) is 0 Å². The van der Waals surface area contributed by atoms with Crippen LogP contribution >= 0.6 is 11.8 Å². The van der Waals surface area contributed by atoms with Crippen LogP contribution in [0.15, 0.2) is 12.7 Å². The molecule has 3 N–H and O–H groups in total. The molecule has 15 heavy (non-hydrogen) atoms. The van der Waals surface area contributed by atoms with Crippen LogP contribution in [-0.4, -0.2) is 37.0 Å². The summed E-state index contributed by atoms with van der Waals surface area (Å²) in [5, 5.41) is 8.66. The number of rotatable bonds is 4. The quantitative estimate of drug-likeness (QED) is 0.717. The summed E-state index contributed by atoms with van der Waals surface area (Å²) in [7, 11) is 0. The van der Waals surface area contributed by atoms with Crippen LogP contribution in [0.5, 0.6) is 0 Å². The maximum Gasteiger partial charge on any atom is 0.166 e. The van der Waals surface area contributed by atoms with Crippen molar-refractivity contribution in [2.75, 3.05) is 18.1 Å². The lowest BCUT2D eigenvalue weighted by Gasteiger charge is -2.01. The molecule has 0 atom stereocenters. The van der Waals surface area contributed by atoms with Gasteiger partial charge in [0.05, 0.1) is 18.8 Å². The molecule has 0 saturated carbocycles. The van der Waals surface area contributed by atoms with E-state index in [2.05, 4.69) is 15.0 Å². The highest BCUT2D eigenvalue weighted by atomic mass is 32.2. The maximum absolute atomic E-state index is 8.66. The van der Waals surface area contributed by atoms with Crippen LogP contribution in [-0.2, 0) is 5.88 Å². The number of aromatic nitrogens is 4. The lowest BCUT2D eigenvalue weighted by Crippen LogP contribution is -1.98. The number of imidazole rings is 1. The number of aliphatic hydroxyl groups excluding tert-OH is 1. The third-order valence-corrected chi connectivity index (χ3v) is 2.83. The fourth-order valence-corrected chi connectivity index (χ4v) is 1.86. The minimum atomic E-state index is 0.175. The lowest BCUT2D eigenvalue weighted by atomic mass is 10.5. The molecule has 2 heterocycles. The number of nitrogens with zero attached hydrogens (tertiary/aromatic N) is 4. The van der Waals surface area contributed by atoms with Gasteiger partial charge in [0.25, 0.3) is 0 Å². The Bertz CT molecular complexity index is 457. The van der Waals surface area contributed by atoms with Crippen LogP contribution in [0.1, 0.15) is 0 Å². The Morgan fingerprint density at radius 2 is 2.27 bits per heavy atom. The van der Waals surface area contributed by atoms with Crippen LogP contribution in [0, 0.1) is 0 Å². The van der Waals surface area contributed by atoms with E-state index in [4.69, 9.17) is 10.8 Å². The highest BCUT2D eigenvalue weighted by Crippen LogP contribution is 2.16. The van der Waals surface area contributed by atoms with E-state index < -0.39 is 0 Å². The minimum absolute atomic E-state index is 0.175. The van der Waals surface area contributed by atoms with Gasteiger partial charge < -0.3 is 15.4 Å². The summed E-state index contributed by atoms with van der Waals surface area (Å²) < 4.78 is 1.88. The Hall–Kier alpha value is -1.34. The molecule has 2 aromatic heterocycles. The Balaban J connectivity index is 2.25. The second kappa shape index (κ2) is 4.45. The number of fused-ring (bicyclic) bond motifs is 1. The van der Waals surface area contributed by atoms with Crippen molar-refractivity contribution in [1.82, 2.24) is 19.5 Å². The van der Waals surface area contributed by atoms with Gasteiger partial charge in [0.2, 0.25) is 0 Å². The van der Waals surface area contributed by atoms with E-state index in [0.29, 0.717) is 23.0 Å². The molecule has 0 aromatic carbocycles. The molecule has 0 unspecified atom stereocenters. The van der Waals surface area contributed by atoms with E-state index in [1.54, 1.807) is 18.1 Å². The predicted octanol–water partition coefficient (Wildman–Crippen LogP) is 0.0915. The SMILES string of the molecule is Nc1ncnc2c1ncn2CSCCO. The molecular formula is C8H11N5OS. The molecule has 80 valence electrons. The second-order valence-corrected chi connectivity index (χ2v) is 3.98. The van der Waals surface area contributed by atoms with Gasteiger partial charge in [0.1, 0.15) is 11.8 Å². The average Bonchev–Trinajstić information content (AvgIpc) is 2.64. The van der Waals surface area contributed by atoms with Gasteiger partial charge in [-0.2, -0.15) is 0 Å². The normalized spacial score (nSPS) is 11.0. The maximum atomic E-state index is 8.66. The largest absolute Gasteiger partial charge is 0.396 e. The van der Waals surface area contributed by atoms with Crippen molar-refractivity contribution in [3.05, 3.63) is 12.7 Å². The molecule has 2 aromatic rings. The van der Waals surface area contributed by atoms with Gasteiger partial charge in [-0.25, -0.2) is 15.0 Å². The van der Waals surface area contributed by atoms with Gasteiger partial charge in [-0.15, -0.1) is 11.8 Å². The number of nitrogens with two attached hydrogens (primary N) is 1. The van der Waals surface area contributed by atoms with Crippen LogP contribution in [0.3, 0.4) is 0 Å². The van der Waals surface area contributed by atoms with Crippen molar-refractivity contribution in [2.24, 2.45) is 0 Å². The van der Waals surface area contributed by atoms with Crippen LogP contribution in [0.4, 0.5) is 5.82 Å². The molecule has 6 nitrogen and oxygen atoms in total. The van der Waals surface area contributed by atoms with E-state index in [0.717, 1.165) is 5.65 Å². The van der Waals surface area contributed by atoms with Crippen molar-refractivity contribution in [3.8, 4) is 0 Å². The highest BCUT2D eigenvalue weighted by molar-refractivity contribution is 7.98. The average molecular weight is 225 g/mol. The van der Waals surface area contributed by atoms with Crippen molar-refractivity contribution in [1.29, 1.82) is 0 Å². The molecule has 0 saturated heterocycles. The van der Waals surface area contributed by atoms with Gasteiger partial charge >= 0.3 is 0 Å². The van der Waals surface area contributed by atoms with Gasteiger partial charge in [0.15, 0.2) is 11.5 Å². The number of aliphatic hydroxyl groups is 1. The summed E-state index contributed by atoms with van der Waals surface area (Å²) in [6, 6.07) is 0. The summed E-state index contributed by atoms with van der Waals surface area (Å²) in [6.45, 7) is 0.175. The van der Waals surface area contributed by atoms with Gasteiger partial charge in [-0.1, -0.05) is 0 Å². The van der Waals surface area contributed by atoms with Gasteiger partial charge in [-0.05, 0) is 0 Å². The molecule has 0 aliphatic heterocycles. The summed E-state index contributed by atoms with van der Waals surface area (Å²) in [5.74, 6) is 1.79. The standard InChI is InChI=1S/C8H11N5OS/c9-7-6-8(11-3-10-7)13(4-12-6)5-15-2-1-14/h3-4,14H,1-2,5H2,(H2,9,10,11). The summed E-state index contributed by atoms with van der Waals surface area (Å²) in [5.41, 5.74) is 7.01. The van der Waals surface area contributed by atoms with E-state index >= 15 is 0 Å². The van der Waals surface area contributed by atoms with E-state index in [-0.39, 0.29) is 6.61 Å². The van der Waals surface area contributed by atoms with E-state index in [1.807, 2.05) is 4.57 Å². The molecule has 0 aliphatic carbocycles. The molecular weight excluding hydrogens is 214 g/mol. The third kappa shape index (κ3) is 2.02. The molecule has 2 rings (SSSR count). The van der Waals surface area contributed by atoms with Gasteiger partial charge in [0, 0.05) is 5.75 Å². The monoisotopic (exact) mass is 225 g/mol. The molecule has 7 heteroatoms. The number of hydrogen-bond donors (Lipinski definition) is 2. The van der Waals surface area contributed by atoms with Crippen LogP contribution in [0.25, 0.3) is 11.2 Å². The Kier molecular flexibility index (Phi) is 3.02. The molecule has 0 fully saturated rings.